The number of rotatable bonds is 6. The number of halogens is 1. The Morgan fingerprint density at radius 3 is 2.48 bits per heavy atom. The van der Waals surface area contributed by atoms with Crippen LogP contribution in [0.4, 0.5) is 0 Å². The molecule has 168 valence electrons. The van der Waals surface area contributed by atoms with Gasteiger partial charge in [0.1, 0.15) is 36.3 Å². The van der Waals surface area contributed by atoms with Crippen molar-refractivity contribution in [2.75, 3.05) is 20.3 Å². The Morgan fingerprint density at radius 1 is 1.03 bits per heavy atom. The zero-order valence-electron chi connectivity index (χ0n) is 17.2. The molecule has 0 aromatic heterocycles. The minimum atomic E-state index is -1.39. The van der Waals surface area contributed by atoms with Crippen LogP contribution < -0.4 is 4.74 Å². The molecule has 0 unspecified atom stereocenters. The lowest BCUT2D eigenvalue weighted by Gasteiger charge is -2.40. The predicted octanol–water partition coefficient (Wildman–Crippen LogP) is 2.23. The van der Waals surface area contributed by atoms with E-state index in [0.717, 1.165) is 29.9 Å². The normalized spacial score (nSPS) is 31.0. The first kappa shape index (κ1) is 22.5. The molecule has 31 heavy (non-hydrogen) atoms. The van der Waals surface area contributed by atoms with E-state index in [-0.39, 0.29) is 6.10 Å². The standard InChI is InChI=1S/C23H27ClO7/c1-28-23-21(27)19(25)20(26)22(31-23)14-4-7-18(24)15(11-14)10-13-2-5-16(6-3-13)30-17-8-9-29-12-17/h2-7,11,17,19-23,25-27H,8-10,12H2,1H3/t17-,19-,20-,21+,22+,23+/m1/s1. The first-order chi connectivity index (χ1) is 15.0. The fourth-order valence-corrected chi connectivity index (χ4v) is 4.11. The van der Waals surface area contributed by atoms with Crippen LogP contribution >= 0.6 is 11.6 Å². The molecule has 7 nitrogen and oxygen atoms in total. The Balaban J connectivity index is 1.49. The molecule has 6 atom stereocenters. The molecule has 0 aliphatic carbocycles. The van der Waals surface area contributed by atoms with Crippen LogP contribution in [0.2, 0.25) is 5.02 Å². The molecule has 0 saturated carbocycles. The molecule has 8 heteroatoms. The highest BCUT2D eigenvalue weighted by Gasteiger charge is 2.44. The maximum atomic E-state index is 10.4. The Kier molecular flexibility index (Phi) is 7.13. The minimum Gasteiger partial charge on any atom is -0.488 e. The van der Waals surface area contributed by atoms with Crippen molar-refractivity contribution in [2.45, 2.75) is 49.7 Å². The Morgan fingerprint density at radius 2 is 1.81 bits per heavy atom. The van der Waals surface area contributed by atoms with Crippen molar-refractivity contribution in [3.8, 4) is 5.75 Å². The van der Waals surface area contributed by atoms with E-state index < -0.39 is 30.7 Å². The summed E-state index contributed by atoms with van der Waals surface area (Å²) >= 11 is 6.42. The molecule has 4 rings (SSSR count). The lowest BCUT2D eigenvalue weighted by atomic mass is 9.92. The van der Waals surface area contributed by atoms with Gasteiger partial charge in [-0.15, -0.1) is 0 Å². The fraction of sp³-hybridized carbons (Fsp3) is 0.478. The SMILES string of the molecule is CO[C@H]1O[C@@H](c2ccc(Cl)c(Cc3ccc(O[C@@H]4CCOC4)cc3)c2)[C@H](O)[C@@H](O)[C@@H]1O. The van der Waals surface area contributed by atoms with Gasteiger partial charge in [-0.1, -0.05) is 35.9 Å². The number of ether oxygens (including phenoxy) is 4. The molecule has 3 N–H and O–H groups in total. The number of hydrogen-bond donors (Lipinski definition) is 3. The average molecular weight is 451 g/mol. The predicted molar refractivity (Wildman–Crippen MR) is 113 cm³/mol. The number of benzene rings is 2. The van der Waals surface area contributed by atoms with Crippen LogP contribution in [0.1, 0.15) is 29.2 Å². The van der Waals surface area contributed by atoms with Gasteiger partial charge < -0.3 is 34.3 Å². The summed E-state index contributed by atoms with van der Waals surface area (Å²) in [6.45, 7) is 1.35. The zero-order chi connectivity index (χ0) is 22.0. The van der Waals surface area contributed by atoms with Crippen molar-refractivity contribution in [3.63, 3.8) is 0 Å². The van der Waals surface area contributed by atoms with Gasteiger partial charge in [0.15, 0.2) is 6.29 Å². The molecule has 2 heterocycles. The van der Waals surface area contributed by atoms with Crippen LogP contribution in [-0.4, -0.2) is 66.3 Å². The lowest BCUT2D eigenvalue weighted by Crippen LogP contribution is -2.54. The molecule has 0 radical (unpaired) electrons. The number of aliphatic hydroxyl groups is 3. The zero-order valence-corrected chi connectivity index (χ0v) is 17.9. The number of hydrogen-bond acceptors (Lipinski definition) is 7. The number of aliphatic hydroxyl groups excluding tert-OH is 3. The van der Waals surface area contributed by atoms with Gasteiger partial charge in [-0.3, -0.25) is 0 Å². The van der Waals surface area contributed by atoms with Crippen molar-refractivity contribution < 1.29 is 34.3 Å². The molecule has 2 fully saturated rings. The van der Waals surface area contributed by atoms with Crippen molar-refractivity contribution >= 4 is 11.6 Å². The Bertz CT molecular complexity index is 867. The molecule has 0 spiro atoms. The summed E-state index contributed by atoms with van der Waals surface area (Å²) in [5.74, 6) is 0.802. The maximum absolute atomic E-state index is 10.4. The van der Waals surface area contributed by atoms with Crippen molar-refractivity contribution in [1.82, 2.24) is 0 Å². The first-order valence-corrected chi connectivity index (χ1v) is 10.7. The summed E-state index contributed by atoms with van der Waals surface area (Å²) in [5, 5.41) is 31.2. The molecule has 0 amide bonds. The molecule has 2 aliphatic heterocycles. The van der Waals surface area contributed by atoms with Gasteiger partial charge in [0.05, 0.1) is 13.2 Å². The maximum Gasteiger partial charge on any atom is 0.186 e. The molecular formula is C23H27ClO7. The van der Waals surface area contributed by atoms with Crippen LogP contribution in [0.25, 0.3) is 0 Å². The van der Waals surface area contributed by atoms with Gasteiger partial charge >= 0.3 is 0 Å². The van der Waals surface area contributed by atoms with Crippen molar-refractivity contribution in [3.05, 3.63) is 64.2 Å². The highest BCUT2D eigenvalue weighted by atomic mass is 35.5. The van der Waals surface area contributed by atoms with Crippen molar-refractivity contribution in [1.29, 1.82) is 0 Å². The summed E-state index contributed by atoms with van der Waals surface area (Å²) in [4.78, 5) is 0. The molecule has 2 aromatic carbocycles. The van der Waals surface area contributed by atoms with E-state index in [2.05, 4.69) is 0 Å². The van der Waals surface area contributed by atoms with E-state index in [1.165, 1.54) is 7.11 Å². The van der Waals surface area contributed by atoms with Crippen molar-refractivity contribution in [2.24, 2.45) is 0 Å². The van der Waals surface area contributed by atoms with E-state index in [1.807, 2.05) is 30.3 Å². The minimum absolute atomic E-state index is 0.101. The summed E-state index contributed by atoms with van der Waals surface area (Å²) < 4.78 is 22.0. The quantitative estimate of drug-likeness (QED) is 0.620. The van der Waals surface area contributed by atoms with E-state index >= 15 is 0 Å². The van der Waals surface area contributed by atoms with Gasteiger partial charge in [-0.25, -0.2) is 0 Å². The third-order valence-electron chi connectivity index (χ3n) is 5.71. The lowest BCUT2D eigenvalue weighted by molar-refractivity contribution is -0.292. The van der Waals surface area contributed by atoms with Crippen LogP contribution in [-0.2, 0) is 20.6 Å². The highest BCUT2D eigenvalue weighted by molar-refractivity contribution is 6.31. The highest BCUT2D eigenvalue weighted by Crippen LogP contribution is 2.34. The Hall–Kier alpha value is -1.71. The molecule has 0 bridgehead atoms. The second kappa shape index (κ2) is 9.83. The molecule has 2 aromatic rings. The van der Waals surface area contributed by atoms with Gasteiger partial charge in [0, 0.05) is 18.6 Å². The average Bonchev–Trinajstić information content (AvgIpc) is 3.28. The van der Waals surface area contributed by atoms with Crippen LogP contribution in [0.3, 0.4) is 0 Å². The van der Waals surface area contributed by atoms with E-state index in [4.69, 9.17) is 30.5 Å². The Labute approximate surface area is 186 Å². The van der Waals surface area contributed by atoms with Gasteiger partial charge in [0.25, 0.3) is 0 Å². The van der Waals surface area contributed by atoms with Crippen LogP contribution in [0, 0.1) is 0 Å². The number of methoxy groups -OCH3 is 1. The molecular weight excluding hydrogens is 424 g/mol. The third kappa shape index (κ3) is 5.04. The summed E-state index contributed by atoms with van der Waals surface area (Å²) in [5.41, 5.74) is 2.54. The first-order valence-electron chi connectivity index (χ1n) is 10.3. The van der Waals surface area contributed by atoms with E-state index in [1.54, 1.807) is 12.1 Å². The van der Waals surface area contributed by atoms with Gasteiger partial charge in [-0.2, -0.15) is 0 Å². The molecule has 2 saturated heterocycles. The summed E-state index contributed by atoms with van der Waals surface area (Å²) in [6.07, 6.45) is -4.35. The van der Waals surface area contributed by atoms with Gasteiger partial charge in [0.2, 0.25) is 0 Å². The summed E-state index contributed by atoms with van der Waals surface area (Å²) in [6, 6.07) is 13.1. The summed E-state index contributed by atoms with van der Waals surface area (Å²) in [7, 11) is 1.37. The fourth-order valence-electron chi connectivity index (χ4n) is 3.93. The monoisotopic (exact) mass is 450 g/mol. The smallest absolute Gasteiger partial charge is 0.186 e. The topological polar surface area (TPSA) is 97.6 Å². The second-order valence-electron chi connectivity index (χ2n) is 7.91. The van der Waals surface area contributed by atoms with Gasteiger partial charge in [-0.05, 0) is 41.3 Å². The van der Waals surface area contributed by atoms with E-state index in [0.29, 0.717) is 23.6 Å². The van der Waals surface area contributed by atoms with E-state index in [9.17, 15) is 15.3 Å². The third-order valence-corrected chi connectivity index (χ3v) is 6.08. The largest absolute Gasteiger partial charge is 0.488 e. The van der Waals surface area contributed by atoms with Crippen LogP contribution in [0.15, 0.2) is 42.5 Å². The molecule has 2 aliphatic rings. The van der Waals surface area contributed by atoms with Crippen LogP contribution in [0.5, 0.6) is 5.75 Å². The second-order valence-corrected chi connectivity index (χ2v) is 8.31.